The van der Waals surface area contributed by atoms with E-state index in [-0.39, 0.29) is 3.57 Å². The fraction of sp³-hybridized carbons (Fsp3) is 0.143. The Labute approximate surface area is 118 Å². The fourth-order valence-corrected chi connectivity index (χ4v) is 2.88. The zero-order chi connectivity index (χ0) is 14.1. The van der Waals surface area contributed by atoms with Crippen molar-refractivity contribution in [2.24, 2.45) is 0 Å². The summed E-state index contributed by atoms with van der Waals surface area (Å²) in [5, 5.41) is 10.7. The van der Waals surface area contributed by atoms with Crippen LogP contribution in [0.2, 0.25) is 0 Å². The van der Waals surface area contributed by atoms with Crippen LogP contribution in [0.5, 0.6) is 5.75 Å². The van der Waals surface area contributed by atoms with Gasteiger partial charge in [-0.3, -0.25) is 10.1 Å². The number of halogens is 4. The maximum Gasteiger partial charge on any atom is 0.387 e. The second kappa shape index (κ2) is 5.48. The van der Waals surface area contributed by atoms with Gasteiger partial charge in [0.05, 0.1) is 4.92 Å². The van der Waals surface area contributed by atoms with Crippen LogP contribution >= 0.6 is 33.3 Å². The maximum absolute atomic E-state index is 12.1. The SMILES string of the molecule is O=[N+]([O-])c1cc(I)cc(S(=O)(=O)Cl)c1OC(F)F. The Bertz CT molecular complexity index is 594. The smallest absolute Gasteiger partial charge is 0.387 e. The van der Waals surface area contributed by atoms with Gasteiger partial charge in [0.25, 0.3) is 9.05 Å². The summed E-state index contributed by atoms with van der Waals surface area (Å²) in [5.74, 6) is -1.08. The van der Waals surface area contributed by atoms with Crippen molar-refractivity contribution in [1.29, 1.82) is 0 Å². The lowest BCUT2D eigenvalue weighted by Gasteiger charge is -2.09. The first-order valence-corrected chi connectivity index (χ1v) is 7.39. The number of alkyl halides is 2. The molecule has 1 aromatic rings. The summed E-state index contributed by atoms with van der Waals surface area (Å²) >= 11 is 1.58. The molecule has 0 spiro atoms. The number of nitrogens with zero attached hydrogens (tertiary/aromatic N) is 1. The molecule has 0 amide bonds. The van der Waals surface area contributed by atoms with Gasteiger partial charge in [-0.1, -0.05) is 0 Å². The molecule has 0 N–H and O–H groups in total. The molecule has 18 heavy (non-hydrogen) atoms. The predicted octanol–water partition coefficient (Wildman–Crippen LogP) is 2.73. The highest BCUT2D eigenvalue weighted by molar-refractivity contribution is 14.1. The monoisotopic (exact) mass is 413 g/mol. The van der Waals surface area contributed by atoms with Gasteiger partial charge in [-0.2, -0.15) is 8.78 Å². The Hall–Kier alpha value is -0.750. The molecule has 0 aliphatic carbocycles. The van der Waals surface area contributed by atoms with E-state index in [0.717, 1.165) is 12.1 Å². The molecule has 1 aromatic carbocycles. The van der Waals surface area contributed by atoms with Crippen LogP contribution in [0.15, 0.2) is 17.0 Å². The van der Waals surface area contributed by atoms with Gasteiger partial charge in [-0.15, -0.1) is 0 Å². The molecule has 0 aromatic heterocycles. The van der Waals surface area contributed by atoms with Crippen LogP contribution in [0.25, 0.3) is 0 Å². The minimum atomic E-state index is -4.45. The normalized spacial score (nSPS) is 11.6. The lowest BCUT2D eigenvalue weighted by Crippen LogP contribution is -2.08. The van der Waals surface area contributed by atoms with Gasteiger partial charge < -0.3 is 4.74 Å². The highest BCUT2D eigenvalue weighted by Gasteiger charge is 2.29. The zero-order valence-corrected chi connectivity index (χ0v) is 11.9. The van der Waals surface area contributed by atoms with Crippen molar-refractivity contribution in [2.75, 3.05) is 0 Å². The number of ether oxygens (including phenoxy) is 1. The number of hydrogen-bond donors (Lipinski definition) is 0. The third-order valence-electron chi connectivity index (χ3n) is 1.67. The Kier molecular flexibility index (Phi) is 4.66. The standard InChI is InChI=1S/C7H3ClF2INO5S/c8-18(15,16)5-2-3(11)1-4(12(13)14)6(5)17-7(9)10/h1-2,7H. The van der Waals surface area contributed by atoms with Crippen molar-refractivity contribution in [3.8, 4) is 5.75 Å². The molecule has 0 heterocycles. The minimum absolute atomic E-state index is 0.139. The van der Waals surface area contributed by atoms with Gasteiger partial charge in [0.1, 0.15) is 4.90 Å². The van der Waals surface area contributed by atoms with Gasteiger partial charge in [-0.05, 0) is 28.7 Å². The van der Waals surface area contributed by atoms with Crippen molar-refractivity contribution in [1.82, 2.24) is 0 Å². The molecular formula is C7H3ClF2INO5S. The van der Waals surface area contributed by atoms with Crippen molar-refractivity contribution in [2.45, 2.75) is 11.5 Å². The van der Waals surface area contributed by atoms with E-state index in [4.69, 9.17) is 10.7 Å². The third-order valence-corrected chi connectivity index (χ3v) is 3.62. The van der Waals surface area contributed by atoms with Crippen LogP contribution in [0.4, 0.5) is 14.5 Å². The van der Waals surface area contributed by atoms with Gasteiger partial charge in [0.15, 0.2) is 0 Å². The molecule has 0 radical (unpaired) electrons. The molecule has 100 valence electrons. The quantitative estimate of drug-likeness (QED) is 0.328. The van der Waals surface area contributed by atoms with Crippen LogP contribution in [0.3, 0.4) is 0 Å². The van der Waals surface area contributed by atoms with E-state index in [2.05, 4.69) is 4.74 Å². The summed E-state index contributed by atoms with van der Waals surface area (Å²) < 4.78 is 50.7. The number of nitro benzene ring substituents is 1. The first-order chi connectivity index (χ1) is 8.12. The van der Waals surface area contributed by atoms with Gasteiger partial charge in [-0.25, -0.2) is 8.42 Å². The summed E-state index contributed by atoms with van der Waals surface area (Å²) in [6, 6.07) is 1.79. The average Bonchev–Trinajstić information content (AvgIpc) is 2.17. The second-order valence-corrected chi connectivity index (χ2v) is 6.61. The molecule has 0 atom stereocenters. The van der Waals surface area contributed by atoms with Crippen LogP contribution in [0.1, 0.15) is 0 Å². The lowest BCUT2D eigenvalue weighted by molar-refractivity contribution is -0.386. The molecule has 1 rings (SSSR count). The van der Waals surface area contributed by atoms with E-state index in [0.29, 0.717) is 0 Å². The summed E-state index contributed by atoms with van der Waals surface area (Å²) in [6.07, 6.45) is 0. The molecule has 11 heteroatoms. The summed E-state index contributed by atoms with van der Waals surface area (Å²) in [4.78, 5) is 8.77. The molecule has 6 nitrogen and oxygen atoms in total. The molecular weight excluding hydrogens is 410 g/mol. The Morgan fingerprint density at radius 1 is 1.44 bits per heavy atom. The first-order valence-electron chi connectivity index (χ1n) is 4.00. The van der Waals surface area contributed by atoms with Crippen molar-refractivity contribution < 1.29 is 26.9 Å². The van der Waals surface area contributed by atoms with E-state index in [1.807, 2.05) is 0 Å². The highest BCUT2D eigenvalue weighted by atomic mass is 127. The second-order valence-electron chi connectivity index (χ2n) is 2.83. The topological polar surface area (TPSA) is 86.5 Å². The number of benzene rings is 1. The van der Waals surface area contributed by atoms with Gasteiger partial charge in [0, 0.05) is 20.3 Å². The van der Waals surface area contributed by atoms with E-state index in [9.17, 15) is 27.3 Å². The first kappa shape index (κ1) is 15.3. The third kappa shape index (κ3) is 3.62. The maximum atomic E-state index is 12.1. The fourth-order valence-electron chi connectivity index (χ4n) is 1.08. The largest absolute Gasteiger partial charge is 0.426 e. The van der Waals surface area contributed by atoms with Crippen LogP contribution in [-0.2, 0) is 9.05 Å². The molecule has 0 saturated carbocycles. The zero-order valence-electron chi connectivity index (χ0n) is 8.14. The molecule has 0 aliphatic rings. The summed E-state index contributed by atoms with van der Waals surface area (Å²) in [5.41, 5.74) is -0.901. The van der Waals surface area contributed by atoms with Gasteiger partial charge in [0.2, 0.25) is 5.75 Å². The summed E-state index contributed by atoms with van der Waals surface area (Å²) in [7, 11) is 0.564. The number of hydrogen-bond acceptors (Lipinski definition) is 5. The Balaban J connectivity index is 3.63. The van der Waals surface area contributed by atoms with E-state index in [1.165, 1.54) is 0 Å². The van der Waals surface area contributed by atoms with Crippen LogP contribution in [0, 0.1) is 13.7 Å². The van der Waals surface area contributed by atoms with Crippen molar-refractivity contribution >= 4 is 48.0 Å². The molecule has 0 unspecified atom stereocenters. The summed E-state index contributed by atoms with van der Waals surface area (Å²) in [6.45, 7) is -3.42. The predicted molar refractivity (Wildman–Crippen MR) is 65.5 cm³/mol. The lowest BCUT2D eigenvalue weighted by atomic mass is 10.3. The minimum Gasteiger partial charge on any atom is -0.426 e. The van der Waals surface area contributed by atoms with Crippen LogP contribution < -0.4 is 4.74 Å². The van der Waals surface area contributed by atoms with E-state index < -0.39 is 36.9 Å². The average molecular weight is 414 g/mol. The van der Waals surface area contributed by atoms with E-state index >= 15 is 0 Å². The number of rotatable bonds is 4. The van der Waals surface area contributed by atoms with Crippen molar-refractivity contribution in [3.63, 3.8) is 0 Å². The Morgan fingerprint density at radius 3 is 2.39 bits per heavy atom. The molecule has 0 aliphatic heterocycles. The van der Waals surface area contributed by atoms with E-state index in [1.54, 1.807) is 22.6 Å². The Morgan fingerprint density at radius 2 is 2.00 bits per heavy atom. The van der Waals surface area contributed by atoms with Crippen molar-refractivity contribution in [3.05, 3.63) is 25.8 Å². The van der Waals surface area contributed by atoms with Gasteiger partial charge >= 0.3 is 12.3 Å². The molecule has 0 fully saturated rings. The highest BCUT2D eigenvalue weighted by Crippen LogP contribution is 2.38. The number of nitro groups is 1. The molecule has 0 bridgehead atoms. The molecule has 0 saturated heterocycles. The van der Waals surface area contributed by atoms with Crippen LogP contribution in [-0.4, -0.2) is 20.0 Å².